The third kappa shape index (κ3) is 7.91. The molecule has 2 radical (unpaired) electrons. The Kier molecular flexibility index (Phi) is 12.8. The van der Waals surface area contributed by atoms with Gasteiger partial charge in [0.05, 0.1) is 15.0 Å². The minimum atomic E-state index is -3.86. The molecule has 0 aliphatic heterocycles. The fourth-order valence-electron chi connectivity index (χ4n) is 2.42. The van der Waals surface area contributed by atoms with E-state index in [0.29, 0.717) is 5.30 Å². The second-order valence-corrected chi connectivity index (χ2v) is 9.57. The fourth-order valence-corrected chi connectivity index (χ4v) is 4.83. The van der Waals surface area contributed by atoms with Gasteiger partial charge < -0.3 is 9.05 Å². The zero-order chi connectivity index (χ0) is 20.1. The standard InChI is InChI=1S/C18H15O7PS2.2K/c19-26(16-4-2-1-3-5-16,24-14-6-10-17(11-7-14)27(20)21)25-15-8-12-18(13-9-15)28(22)23;;/h1-10,12H,11,13H2;;. The molecule has 0 atom stereocenters. The molecular weight excluding hydrogens is 501 g/mol. The summed E-state index contributed by atoms with van der Waals surface area (Å²) in [7, 11) is -8.52. The maximum absolute atomic E-state index is 13.5. The van der Waals surface area contributed by atoms with E-state index in [1.807, 2.05) is 0 Å². The van der Waals surface area contributed by atoms with Crippen molar-refractivity contribution in [2.24, 2.45) is 0 Å². The normalized spacial score (nSPS) is 15.2. The molecule has 0 N–H and O–H groups in total. The largest absolute Gasteiger partial charge is 0.462 e. The van der Waals surface area contributed by atoms with Crippen LogP contribution in [0.1, 0.15) is 12.8 Å². The topological polar surface area (TPSA) is 104 Å². The van der Waals surface area contributed by atoms with Crippen LogP contribution in [0.25, 0.3) is 0 Å². The minimum Gasteiger partial charge on any atom is -0.413 e. The van der Waals surface area contributed by atoms with Gasteiger partial charge in [0.15, 0.2) is 0 Å². The molecular formula is C18H15K2O7PS2. The molecule has 1 aromatic rings. The van der Waals surface area contributed by atoms with Gasteiger partial charge >= 0.3 is 7.60 Å². The number of benzene rings is 1. The second-order valence-electron chi connectivity index (χ2n) is 5.71. The van der Waals surface area contributed by atoms with Crippen molar-refractivity contribution >= 4 is 146 Å². The van der Waals surface area contributed by atoms with E-state index in [1.54, 1.807) is 30.3 Å². The Morgan fingerprint density at radius 2 is 1.13 bits per heavy atom. The zero-order valence-electron chi connectivity index (χ0n) is 16.4. The van der Waals surface area contributed by atoms with E-state index in [9.17, 15) is 21.4 Å². The van der Waals surface area contributed by atoms with E-state index < -0.39 is 28.2 Å². The van der Waals surface area contributed by atoms with Crippen molar-refractivity contribution in [2.45, 2.75) is 12.8 Å². The van der Waals surface area contributed by atoms with E-state index in [1.165, 1.54) is 36.5 Å². The molecule has 0 amide bonds. The van der Waals surface area contributed by atoms with Crippen LogP contribution in [0.3, 0.4) is 0 Å². The first kappa shape index (κ1) is 28.7. The predicted molar refractivity (Wildman–Crippen MR) is 119 cm³/mol. The van der Waals surface area contributed by atoms with E-state index >= 15 is 0 Å². The Labute approximate surface area is 262 Å². The van der Waals surface area contributed by atoms with Crippen molar-refractivity contribution in [2.75, 3.05) is 0 Å². The molecule has 148 valence electrons. The zero-order valence-corrected chi connectivity index (χ0v) is 25.2. The molecule has 2 aliphatic carbocycles. The third-order valence-electron chi connectivity index (χ3n) is 3.83. The van der Waals surface area contributed by atoms with Crippen LogP contribution in [0.15, 0.2) is 78.3 Å². The van der Waals surface area contributed by atoms with E-state index in [4.69, 9.17) is 9.05 Å². The Morgan fingerprint density at radius 1 is 0.700 bits per heavy atom. The Morgan fingerprint density at radius 3 is 1.47 bits per heavy atom. The summed E-state index contributed by atoms with van der Waals surface area (Å²) in [6, 6.07) is 8.31. The average Bonchev–Trinajstić information content (AvgIpc) is 2.69. The summed E-state index contributed by atoms with van der Waals surface area (Å²) in [4.78, 5) is 0.379. The van der Waals surface area contributed by atoms with Crippen molar-refractivity contribution < 1.29 is 30.4 Å². The van der Waals surface area contributed by atoms with Gasteiger partial charge in [-0.15, -0.1) is 0 Å². The molecule has 0 unspecified atom stereocenters. The summed E-state index contributed by atoms with van der Waals surface area (Å²) in [5, 5.41) is 0.308. The number of hydrogen-bond donors (Lipinski definition) is 0. The van der Waals surface area contributed by atoms with Crippen LogP contribution >= 0.6 is 7.60 Å². The number of allylic oxidation sites excluding steroid dienone is 6. The smallest absolute Gasteiger partial charge is 0.413 e. The Bertz CT molecular complexity index is 1150. The van der Waals surface area contributed by atoms with Crippen LogP contribution in [0.5, 0.6) is 0 Å². The molecule has 0 spiro atoms. The van der Waals surface area contributed by atoms with Crippen molar-refractivity contribution in [3.05, 3.63) is 78.3 Å². The van der Waals surface area contributed by atoms with Crippen molar-refractivity contribution in [1.29, 1.82) is 0 Å². The van der Waals surface area contributed by atoms with Gasteiger partial charge in [-0.2, -0.15) is 16.8 Å². The average molecular weight is 517 g/mol. The van der Waals surface area contributed by atoms with E-state index in [2.05, 4.69) is 0 Å². The summed E-state index contributed by atoms with van der Waals surface area (Å²) in [5.41, 5.74) is 0. The van der Waals surface area contributed by atoms with Crippen molar-refractivity contribution in [3.8, 4) is 0 Å². The molecule has 1 aromatic carbocycles. The van der Waals surface area contributed by atoms with Crippen LogP contribution in [-0.2, 0) is 34.2 Å². The van der Waals surface area contributed by atoms with Gasteiger partial charge in [-0.05, 0) is 48.6 Å². The van der Waals surface area contributed by atoms with Crippen LogP contribution in [-0.4, -0.2) is 129 Å². The first-order valence-electron chi connectivity index (χ1n) is 8.09. The summed E-state index contributed by atoms with van der Waals surface area (Å²) in [6.07, 6.45) is 8.80. The van der Waals surface area contributed by atoms with Crippen LogP contribution < -0.4 is 5.30 Å². The van der Waals surface area contributed by atoms with E-state index in [-0.39, 0.29) is 137 Å². The van der Waals surface area contributed by atoms with Gasteiger partial charge in [-0.25, -0.2) is 4.57 Å². The van der Waals surface area contributed by atoms with Crippen LogP contribution in [0.2, 0.25) is 0 Å². The molecule has 0 bridgehead atoms. The van der Waals surface area contributed by atoms with Crippen molar-refractivity contribution in [3.63, 3.8) is 0 Å². The Balaban J connectivity index is 0.00000225. The van der Waals surface area contributed by atoms with Gasteiger partial charge in [0.2, 0.25) is 20.6 Å². The molecule has 0 saturated carbocycles. The molecule has 0 aromatic heterocycles. The second kappa shape index (κ2) is 13.4. The molecule has 2 aliphatic rings. The molecule has 30 heavy (non-hydrogen) atoms. The van der Waals surface area contributed by atoms with Crippen LogP contribution in [0.4, 0.5) is 0 Å². The minimum absolute atomic E-state index is 0. The maximum atomic E-state index is 13.5. The first-order valence-corrected chi connectivity index (χ1v) is 11.8. The van der Waals surface area contributed by atoms with Gasteiger partial charge in [0.25, 0.3) is 0 Å². The molecule has 0 fully saturated rings. The monoisotopic (exact) mass is 516 g/mol. The van der Waals surface area contributed by atoms with Gasteiger partial charge in [-0.1, -0.05) is 18.2 Å². The third-order valence-corrected chi connectivity index (χ3v) is 7.12. The number of hydrogen-bond acceptors (Lipinski definition) is 7. The van der Waals surface area contributed by atoms with Crippen molar-refractivity contribution in [1.82, 2.24) is 0 Å². The molecule has 12 heteroatoms. The Hall–Kier alpha value is 0.663. The van der Waals surface area contributed by atoms with Gasteiger partial charge in [0, 0.05) is 116 Å². The molecule has 7 nitrogen and oxygen atoms in total. The first-order chi connectivity index (χ1) is 13.4. The predicted octanol–water partition coefficient (Wildman–Crippen LogP) is 1.57. The van der Waals surface area contributed by atoms with E-state index in [0.717, 1.165) is 0 Å². The summed E-state index contributed by atoms with van der Waals surface area (Å²) >= 11 is 0. The summed E-state index contributed by atoms with van der Waals surface area (Å²) < 4.78 is 68.9. The fraction of sp³-hybridized carbons (Fsp3) is 0.111. The molecule has 0 heterocycles. The van der Waals surface area contributed by atoms with Crippen LogP contribution in [0, 0.1) is 0 Å². The maximum Gasteiger partial charge on any atom is 0.462 e. The number of rotatable bonds is 5. The molecule has 3 rings (SSSR count). The van der Waals surface area contributed by atoms with Gasteiger partial charge in [-0.3, -0.25) is 0 Å². The molecule has 0 saturated heterocycles. The van der Waals surface area contributed by atoms with Gasteiger partial charge in [0.1, 0.15) is 11.5 Å². The summed E-state index contributed by atoms with van der Waals surface area (Å²) in [6.45, 7) is 0. The summed E-state index contributed by atoms with van der Waals surface area (Å²) in [5.74, 6) is 0.435. The quantitative estimate of drug-likeness (QED) is 0.332. The SMILES string of the molecule is O=S(=O)=C1C=CC(OP(=O)(OC2=CCC(=S(=O)=O)C=C2)c2ccccc2)=CC1.[K].[K].